The smallest absolute Gasteiger partial charge is 0.270 e. The summed E-state index contributed by atoms with van der Waals surface area (Å²) in [5.41, 5.74) is 1.03. The summed E-state index contributed by atoms with van der Waals surface area (Å²) in [4.78, 5) is 26.5. The van der Waals surface area contributed by atoms with Gasteiger partial charge in [-0.15, -0.1) is 11.3 Å². The number of aliphatic hydroxyl groups is 1. The number of nitro benzene ring substituents is 1. The van der Waals surface area contributed by atoms with Crippen LogP contribution in [0.1, 0.15) is 30.8 Å². The summed E-state index contributed by atoms with van der Waals surface area (Å²) in [5.74, 6) is -0.148. The van der Waals surface area contributed by atoms with E-state index >= 15 is 0 Å². The maximum Gasteiger partial charge on any atom is 0.270 e. The molecular formula is C16H19N3O4S. The molecular weight excluding hydrogens is 330 g/mol. The minimum absolute atomic E-state index is 0.0111. The summed E-state index contributed by atoms with van der Waals surface area (Å²) in [6, 6.07) is 6.03. The molecule has 0 bridgehead atoms. The molecule has 0 aliphatic rings. The zero-order valence-corrected chi connectivity index (χ0v) is 14.2. The number of aromatic nitrogens is 1. The molecule has 2 aromatic rings. The first kappa shape index (κ1) is 18.0. The molecule has 7 nitrogen and oxygen atoms in total. The predicted molar refractivity (Wildman–Crippen MR) is 92.0 cm³/mol. The molecule has 128 valence electrons. The average molecular weight is 349 g/mol. The minimum Gasteiger partial charge on any atom is -0.393 e. The van der Waals surface area contributed by atoms with E-state index in [0.717, 1.165) is 5.56 Å². The molecule has 1 amide bonds. The van der Waals surface area contributed by atoms with Gasteiger partial charge < -0.3 is 10.4 Å². The summed E-state index contributed by atoms with van der Waals surface area (Å²) < 4.78 is 0. The van der Waals surface area contributed by atoms with Crippen molar-refractivity contribution in [2.45, 2.75) is 26.4 Å². The van der Waals surface area contributed by atoms with Gasteiger partial charge in [0.1, 0.15) is 10.7 Å². The average Bonchev–Trinajstić information content (AvgIpc) is 3.04. The Morgan fingerprint density at radius 1 is 1.38 bits per heavy atom. The second-order valence-corrected chi connectivity index (χ2v) is 6.56. The van der Waals surface area contributed by atoms with E-state index < -0.39 is 11.0 Å². The highest BCUT2D eigenvalue weighted by Crippen LogP contribution is 2.25. The van der Waals surface area contributed by atoms with Crippen LogP contribution < -0.4 is 5.32 Å². The molecule has 0 aliphatic carbocycles. The standard InChI is InChI=1S/C16H19N3O4S/c1-10(2)14(20)7-8-17-15(21)13-9-24-16(18-13)11-3-5-12(6-4-11)19(22)23/h3-6,9-10,14,20H,7-8H2,1-2H3,(H,17,21). The highest BCUT2D eigenvalue weighted by Gasteiger charge is 2.14. The molecule has 0 spiro atoms. The lowest BCUT2D eigenvalue weighted by Crippen LogP contribution is -2.28. The number of aliphatic hydroxyl groups excluding tert-OH is 1. The third kappa shape index (κ3) is 4.59. The number of hydrogen-bond acceptors (Lipinski definition) is 6. The summed E-state index contributed by atoms with van der Waals surface area (Å²) in [5, 5.41) is 25.4. The van der Waals surface area contributed by atoms with Crippen LogP contribution in [0.3, 0.4) is 0 Å². The molecule has 8 heteroatoms. The maximum absolute atomic E-state index is 12.0. The van der Waals surface area contributed by atoms with Crippen molar-refractivity contribution in [3.05, 3.63) is 45.5 Å². The molecule has 0 saturated carbocycles. The summed E-state index contributed by atoms with van der Waals surface area (Å²) in [6.45, 7) is 4.22. The summed E-state index contributed by atoms with van der Waals surface area (Å²) >= 11 is 1.30. The molecule has 0 fully saturated rings. The normalized spacial score (nSPS) is 12.2. The summed E-state index contributed by atoms with van der Waals surface area (Å²) in [6.07, 6.45) is 0.0411. The lowest BCUT2D eigenvalue weighted by Gasteiger charge is -2.14. The molecule has 0 saturated heterocycles. The monoisotopic (exact) mass is 349 g/mol. The second kappa shape index (κ2) is 7.98. The number of nitro groups is 1. The van der Waals surface area contributed by atoms with Gasteiger partial charge >= 0.3 is 0 Å². The van der Waals surface area contributed by atoms with Crippen LogP contribution in [0.15, 0.2) is 29.6 Å². The Hall–Kier alpha value is -2.32. The number of nitrogens with zero attached hydrogens (tertiary/aromatic N) is 2. The lowest BCUT2D eigenvalue weighted by atomic mass is 10.0. The van der Waals surface area contributed by atoms with Crippen molar-refractivity contribution in [2.24, 2.45) is 5.92 Å². The third-order valence-corrected chi connectivity index (χ3v) is 4.45. The minimum atomic E-state index is -0.462. The van der Waals surface area contributed by atoms with Crippen LogP contribution in [0.25, 0.3) is 10.6 Å². The lowest BCUT2D eigenvalue weighted by molar-refractivity contribution is -0.384. The molecule has 1 atom stereocenters. The van der Waals surface area contributed by atoms with Crippen LogP contribution in [-0.2, 0) is 0 Å². The van der Waals surface area contributed by atoms with Crippen molar-refractivity contribution in [3.63, 3.8) is 0 Å². The Kier molecular flexibility index (Phi) is 5.99. The van der Waals surface area contributed by atoms with Gasteiger partial charge in [0.25, 0.3) is 11.6 Å². The maximum atomic E-state index is 12.0. The first-order valence-corrected chi connectivity index (χ1v) is 8.43. The van der Waals surface area contributed by atoms with Gasteiger partial charge in [-0.25, -0.2) is 4.98 Å². The van der Waals surface area contributed by atoms with Crippen molar-refractivity contribution in [1.29, 1.82) is 0 Å². The van der Waals surface area contributed by atoms with Crippen LogP contribution in [0.5, 0.6) is 0 Å². The quantitative estimate of drug-likeness (QED) is 0.590. The third-order valence-electron chi connectivity index (χ3n) is 3.56. The van der Waals surface area contributed by atoms with Crippen LogP contribution in [0.2, 0.25) is 0 Å². The fraction of sp³-hybridized carbons (Fsp3) is 0.375. The van der Waals surface area contributed by atoms with Crippen molar-refractivity contribution >= 4 is 22.9 Å². The molecule has 1 aromatic carbocycles. The van der Waals surface area contributed by atoms with E-state index in [9.17, 15) is 20.0 Å². The Bertz CT molecular complexity index is 712. The molecule has 24 heavy (non-hydrogen) atoms. The highest BCUT2D eigenvalue weighted by molar-refractivity contribution is 7.13. The predicted octanol–water partition coefficient (Wildman–Crippen LogP) is 2.86. The van der Waals surface area contributed by atoms with E-state index in [1.807, 2.05) is 13.8 Å². The number of carbonyl (C=O) groups excluding carboxylic acids is 1. The van der Waals surface area contributed by atoms with E-state index in [1.54, 1.807) is 17.5 Å². The van der Waals surface area contributed by atoms with Crippen molar-refractivity contribution in [2.75, 3.05) is 6.54 Å². The second-order valence-electron chi connectivity index (χ2n) is 5.70. The topological polar surface area (TPSA) is 105 Å². The van der Waals surface area contributed by atoms with E-state index in [4.69, 9.17) is 0 Å². The van der Waals surface area contributed by atoms with E-state index in [-0.39, 0.29) is 17.5 Å². The number of carbonyl (C=O) groups is 1. The SMILES string of the molecule is CC(C)C(O)CCNC(=O)c1csc(-c2ccc([N+](=O)[O-])cc2)n1. The molecule has 0 radical (unpaired) electrons. The van der Waals surface area contributed by atoms with Crippen LogP contribution >= 0.6 is 11.3 Å². The van der Waals surface area contributed by atoms with Gasteiger partial charge in [0, 0.05) is 29.6 Å². The molecule has 1 aromatic heterocycles. The molecule has 2 rings (SSSR count). The molecule has 1 heterocycles. The first-order valence-electron chi connectivity index (χ1n) is 7.55. The Morgan fingerprint density at radius 3 is 2.62 bits per heavy atom. The Morgan fingerprint density at radius 2 is 2.04 bits per heavy atom. The number of benzene rings is 1. The van der Waals surface area contributed by atoms with Crippen molar-refractivity contribution in [3.8, 4) is 10.6 Å². The molecule has 1 unspecified atom stereocenters. The van der Waals surface area contributed by atoms with Gasteiger partial charge in [0.05, 0.1) is 11.0 Å². The number of non-ortho nitro benzene ring substituents is 1. The van der Waals surface area contributed by atoms with Gasteiger partial charge in [-0.05, 0) is 24.5 Å². The van der Waals surface area contributed by atoms with Crippen LogP contribution in [0, 0.1) is 16.0 Å². The fourth-order valence-electron chi connectivity index (χ4n) is 1.99. The molecule has 0 aliphatic heterocycles. The number of nitrogens with one attached hydrogen (secondary N) is 1. The van der Waals surface area contributed by atoms with E-state index in [0.29, 0.717) is 23.7 Å². The van der Waals surface area contributed by atoms with Crippen molar-refractivity contribution in [1.82, 2.24) is 10.3 Å². The Balaban J connectivity index is 1.97. The van der Waals surface area contributed by atoms with Gasteiger partial charge in [0.2, 0.25) is 0 Å². The van der Waals surface area contributed by atoms with Crippen molar-refractivity contribution < 1.29 is 14.8 Å². The largest absolute Gasteiger partial charge is 0.393 e. The zero-order chi connectivity index (χ0) is 17.7. The van der Waals surface area contributed by atoms with Gasteiger partial charge in [-0.1, -0.05) is 13.8 Å². The zero-order valence-electron chi connectivity index (χ0n) is 13.4. The van der Waals surface area contributed by atoms with Crippen LogP contribution in [0.4, 0.5) is 5.69 Å². The number of hydrogen-bond donors (Lipinski definition) is 2. The Labute approximate surface area is 143 Å². The number of thiazole rings is 1. The number of amides is 1. The number of rotatable bonds is 7. The van der Waals surface area contributed by atoms with Gasteiger partial charge in [-0.3, -0.25) is 14.9 Å². The van der Waals surface area contributed by atoms with Gasteiger partial charge in [0.15, 0.2) is 0 Å². The van der Waals surface area contributed by atoms with E-state index in [2.05, 4.69) is 10.3 Å². The van der Waals surface area contributed by atoms with E-state index in [1.165, 1.54) is 23.5 Å². The highest BCUT2D eigenvalue weighted by atomic mass is 32.1. The molecule has 2 N–H and O–H groups in total. The van der Waals surface area contributed by atoms with Gasteiger partial charge in [-0.2, -0.15) is 0 Å². The summed E-state index contributed by atoms with van der Waals surface area (Å²) in [7, 11) is 0. The first-order chi connectivity index (χ1) is 11.4. The van der Waals surface area contributed by atoms with Crippen LogP contribution in [-0.4, -0.2) is 33.6 Å². The fourth-order valence-corrected chi connectivity index (χ4v) is 2.80.